The molecule has 0 aromatic heterocycles. The second kappa shape index (κ2) is 7.17. The fraction of sp³-hybridized carbons (Fsp3) is 0.222. The van der Waals surface area contributed by atoms with Crippen molar-refractivity contribution in [3.05, 3.63) is 59.7 Å². The summed E-state index contributed by atoms with van der Waals surface area (Å²) >= 11 is 0. The van der Waals surface area contributed by atoms with Crippen LogP contribution in [0.15, 0.2) is 53.4 Å². The Labute approximate surface area is 151 Å². The Morgan fingerprint density at radius 3 is 2.35 bits per heavy atom. The Morgan fingerprint density at radius 1 is 1.12 bits per heavy atom. The second-order valence-corrected chi connectivity index (χ2v) is 7.53. The van der Waals surface area contributed by atoms with Crippen LogP contribution in [0, 0.1) is 6.92 Å². The third kappa shape index (κ3) is 4.02. The van der Waals surface area contributed by atoms with Crippen LogP contribution >= 0.6 is 0 Å². The van der Waals surface area contributed by atoms with E-state index in [2.05, 4.69) is 4.72 Å². The monoisotopic (exact) mass is 375 g/mol. The number of hydrogen-bond donors (Lipinski definition) is 1. The van der Waals surface area contributed by atoms with E-state index < -0.39 is 28.1 Å². The number of sulfonamides is 1. The average molecular weight is 375 g/mol. The number of rotatable bonds is 5. The third-order valence-corrected chi connectivity index (χ3v) is 5.24. The molecule has 2 aromatic carbocycles. The highest BCUT2D eigenvalue weighted by atomic mass is 32.2. The molecule has 8 heteroatoms. The lowest BCUT2D eigenvalue weighted by atomic mass is 10.2. The summed E-state index contributed by atoms with van der Waals surface area (Å²) in [5, 5.41) is 0. The van der Waals surface area contributed by atoms with E-state index in [-0.39, 0.29) is 17.1 Å². The van der Waals surface area contributed by atoms with Gasteiger partial charge in [0.25, 0.3) is 10.0 Å². The van der Waals surface area contributed by atoms with Crippen molar-refractivity contribution < 1.29 is 27.5 Å². The quantitative estimate of drug-likeness (QED) is 0.805. The van der Waals surface area contributed by atoms with Crippen LogP contribution in [0.4, 0.5) is 5.69 Å². The number of anilines is 1. The van der Waals surface area contributed by atoms with Gasteiger partial charge >= 0.3 is 11.9 Å². The Balaban J connectivity index is 1.70. The average Bonchev–Trinajstić information content (AvgIpc) is 3.02. The van der Waals surface area contributed by atoms with Crippen LogP contribution in [0.3, 0.4) is 0 Å². The smallest absolute Gasteiger partial charge is 0.347 e. The minimum absolute atomic E-state index is 0.00917. The van der Waals surface area contributed by atoms with Gasteiger partial charge in [0, 0.05) is 12.1 Å². The number of hydrogen-bond acceptors (Lipinski definition) is 6. The summed E-state index contributed by atoms with van der Waals surface area (Å²) in [5.41, 5.74) is 1.61. The summed E-state index contributed by atoms with van der Waals surface area (Å²) in [5.74, 6) is -1.27. The number of cyclic esters (lactones) is 1. The van der Waals surface area contributed by atoms with E-state index in [0.29, 0.717) is 12.1 Å². The molecule has 0 radical (unpaired) electrons. The van der Waals surface area contributed by atoms with E-state index in [1.807, 2.05) is 6.92 Å². The van der Waals surface area contributed by atoms with Gasteiger partial charge in [0.05, 0.1) is 17.1 Å². The molecule has 0 bridgehead atoms. The van der Waals surface area contributed by atoms with Gasteiger partial charge in [-0.15, -0.1) is 0 Å². The predicted molar refractivity (Wildman–Crippen MR) is 93.2 cm³/mol. The summed E-state index contributed by atoms with van der Waals surface area (Å²) in [6, 6.07) is 12.2. The number of carbonyl (C=O) groups excluding carboxylic acids is 2. The van der Waals surface area contributed by atoms with E-state index in [1.165, 1.54) is 24.3 Å². The summed E-state index contributed by atoms with van der Waals surface area (Å²) in [6.45, 7) is 2.12. The minimum atomic E-state index is -3.78. The highest BCUT2D eigenvalue weighted by molar-refractivity contribution is 7.92. The molecule has 1 aliphatic heterocycles. The molecule has 3 rings (SSSR count). The molecule has 7 nitrogen and oxygen atoms in total. The molecule has 0 saturated carbocycles. The van der Waals surface area contributed by atoms with Crippen molar-refractivity contribution in [2.75, 3.05) is 11.3 Å². The van der Waals surface area contributed by atoms with Crippen molar-refractivity contribution in [1.29, 1.82) is 0 Å². The van der Waals surface area contributed by atoms with Gasteiger partial charge in [0.1, 0.15) is 0 Å². The Kier molecular flexibility index (Phi) is 4.94. The normalized spacial score (nSPS) is 16.8. The second-order valence-electron chi connectivity index (χ2n) is 5.85. The largest absolute Gasteiger partial charge is 0.463 e. The van der Waals surface area contributed by atoms with Gasteiger partial charge in [0.15, 0.2) is 0 Å². The van der Waals surface area contributed by atoms with Gasteiger partial charge in [-0.2, -0.15) is 0 Å². The van der Waals surface area contributed by atoms with Crippen LogP contribution in [0.1, 0.15) is 22.3 Å². The zero-order valence-electron chi connectivity index (χ0n) is 14.0. The number of carbonyl (C=O) groups is 2. The summed E-state index contributed by atoms with van der Waals surface area (Å²) < 4.78 is 37.1. The fourth-order valence-electron chi connectivity index (χ4n) is 2.39. The number of benzene rings is 2. The lowest BCUT2D eigenvalue weighted by molar-refractivity contribution is -0.145. The molecule has 1 saturated heterocycles. The summed E-state index contributed by atoms with van der Waals surface area (Å²) in [6.07, 6.45) is -0.591. The van der Waals surface area contributed by atoms with Gasteiger partial charge < -0.3 is 9.47 Å². The van der Waals surface area contributed by atoms with Crippen molar-refractivity contribution in [3.8, 4) is 0 Å². The van der Waals surface area contributed by atoms with E-state index in [4.69, 9.17) is 9.47 Å². The molecule has 0 unspecified atom stereocenters. The van der Waals surface area contributed by atoms with Crippen LogP contribution in [-0.4, -0.2) is 33.1 Å². The van der Waals surface area contributed by atoms with Gasteiger partial charge in [-0.25, -0.2) is 18.0 Å². The molecular formula is C18H17NO6S. The molecular weight excluding hydrogens is 358 g/mol. The Bertz CT molecular complexity index is 919. The van der Waals surface area contributed by atoms with E-state index in [0.717, 1.165) is 5.56 Å². The highest BCUT2D eigenvalue weighted by Gasteiger charge is 2.30. The fourth-order valence-corrected chi connectivity index (χ4v) is 3.45. The predicted octanol–water partition coefficient (Wildman–Crippen LogP) is 2.27. The zero-order chi connectivity index (χ0) is 18.7. The summed E-state index contributed by atoms with van der Waals surface area (Å²) in [7, 11) is -3.78. The Hall–Kier alpha value is -2.87. The summed E-state index contributed by atoms with van der Waals surface area (Å²) in [4.78, 5) is 23.4. The van der Waals surface area contributed by atoms with Crippen LogP contribution in [0.5, 0.6) is 0 Å². The van der Waals surface area contributed by atoms with Gasteiger partial charge in [-0.05, 0) is 43.3 Å². The van der Waals surface area contributed by atoms with Crippen molar-refractivity contribution >= 4 is 27.6 Å². The third-order valence-electron chi connectivity index (χ3n) is 3.84. The number of ether oxygens (including phenoxy) is 2. The molecule has 1 aliphatic rings. The molecule has 26 heavy (non-hydrogen) atoms. The van der Waals surface area contributed by atoms with Crippen LogP contribution in [0.25, 0.3) is 0 Å². The molecule has 1 fully saturated rings. The first kappa shape index (κ1) is 17.9. The molecule has 0 spiro atoms. The molecule has 2 aromatic rings. The van der Waals surface area contributed by atoms with Gasteiger partial charge in [-0.3, -0.25) is 4.72 Å². The first-order valence-electron chi connectivity index (χ1n) is 7.92. The number of nitrogens with one attached hydrogen (secondary N) is 1. The van der Waals surface area contributed by atoms with Crippen LogP contribution in [0.2, 0.25) is 0 Å². The maximum atomic E-state index is 12.4. The van der Waals surface area contributed by atoms with Crippen molar-refractivity contribution in [2.24, 2.45) is 0 Å². The van der Waals surface area contributed by atoms with E-state index >= 15 is 0 Å². The first-order valence-corrected chi connectivity index (χ1v) is 9.41. The molecule has 0 amide bonds. The SMILES string of the molecule is Cc1ccc(NS(=O)(=O)c2ccc(C(=O)O[C@H]3CCOC3=O)cc2)cc1. The van der Waals surface area contributed by atoms with E-state index in [1.54, 1.807) is 24.3 Å². The van der Waals surface area contributed by atoms with Crippen molar-refractivity contribution in [2.45, 2.75) is 24.3 Å². The van der Waals surface area contributed by atoms with Crippen molar-refractivity contribution in [3.63, 3.8) is 0 Å². The maximum absolute atomic E-state index is 12.4. The standard InChI is InChI=1S/C18H17NO6S/c1-12-2-6-14(7-3-12)19-26(22,23)15-8-4-13(5-9-15)17(20)25-16-10-11-24-18(16)21/h2-9,16,19H,10-11H2,1H3/t16-/m0/s1. The molecule has 0 aliphatic carbocycles. The molecule has 1 heterocycles. The van der Waals surface area contributed by atoms with Crippen LogP contribution < -0.4 is 4.72 Å². The molecule has 136 valence electrons. The Morgan fingerprint density at radius 2 is 1.77 bits per heavy atom. The van der Waals surface area contributed by atoms with Crippen LogP contribution in [-0.2, 0) is 24.3 Å². The first-order chi connectivity index (χ1) is 12.3. The number of aryl methyl sites for hydroxylation is 1. The molecule has 1 atom stereocenters. The number of esters is 2. The topological polar surface area (TPSA) is 98.8 Å². The zero-order valence-corrected chi connectivity index (χ0v) is 14.8. The molecule has 1 N–H and O–H groups in total. The van der Waals surface area contributed by atoms with Gasteiger partial charge in [0.2, 0.25) is 6.10 Å². The van der Waals surface area contributed by atoms with Gasteiger partial charge in [-0.1, -0.05) is 17.7 Å². The highest BCUT2D eigenvalue weighted by Crippen LogP contribution is 2.18. The lowest BCUT2D eigenvalue weighted by Crippen LogP contribution is -2.22. The minimum Gasteiger partial charge on any atom is -0.463 e. The maximum Gasteiger partial charge on any atom is 0.347 e. The van der Waals surface area contributed by atoms with Crippen molar-refractivity contribution in [1.82, 2.24) is 0 Å². The lowest BCUT2D eigenvalue weighted by Gasteiger charge is -2.10. The van der Waals surface area contributed by atoms with E-state index in [9.17, 15) is 18.0 Å².